The summed E-state index contributed by atoms with van der Waals surface area (Å²) in [6, 6.07) is 9.50. The van der Waals surface area contributed by atoms with Crippen molar-refractivity contribution in [2.45, 2.75) is 57.9 Å². The van der Waals surface area contributed by atoms with E-state index in [1.54, 1.807) is 26.2 Å². The summed E-state index contributed by atoms with van der Waals surface area (Å²) in [4.78, 5) is 63.3. The van der Waals surface area contributed by atoms with E-state index in [2.05, 4.69) is 45.8 Å². The lowest BCUT2D eigenvalue weighted by atomic mass is 10.1. The lowest BCUT2D eigenvalue weighted by molar-refractivity contribution is 0.0917. The van der Waals surface area contributed by atoms with E-state index in [9.17, 15) is 14.4 Å². The van der Waals surface area contributed by atoms with Crippen LogP contribution in [0.5, 0.6) is 0 Å². The second kappa shape index (κ2) is 14.2. The molecule has 15 heteroatoms. The zero-order valence-corrected chi connectivity index (χ0v) is 25.8. The van der Waals surface area contributed by atoms with Crippen molar-refractivity contribution in [3.8, 4) is 0 Å². The van der Waals surface area contributed by atoms with Gasteiger partial charge in [0.2, 0.25) is 17.7 Å². The number of hydrogen-bond donors (Lipinski definition) is 3. The van der Waals surface area contributed by atoms with Gasteiger partial charge in [-0.2, -0.15) is 0 Å². The molecule has 3 amide bonds. The van der Waals surface area contributed by atoms with Gasteiger partial charge in [-0.3, -0.25) is 29.3 Å². The van der Waals surface area contributed by atoms with Crippen LogP contribution in [0.2, 0.25) is 0 Å². The molecular formula is C32H33N9O6. The summed E-state index contributed by atoms with van der Waals surface area (Å²) in [5, 5.41) is 8.39. The van der Waals surface area contributed by atoms with Crippen molar-refractivity contribution in [1.29, 1.82) is 0 Å². The maximum absolute atomic E-state index is 13.4. The van der Waals surface area contributed by atoms with Gasteiger partial charge in [0.05, 0.1) is 11.4 Å². The molecule has 5 aromatic heterocycles. The van der Waals surface area contributed by atoms with E-state index < -0.39 is 35.8 Å². The molecule has 242 valence electrons. The number of carbonyl (C=O) groups excluding carboxylic acids is 3. The Morgan fingerprint density at radius 1 is 0.660 bits per heavy atom. The normalized spacial score (nSPS) is 18.6. The van der Waals surface area contributed by atoms with Gasteiger partial charge >= 0.3 is 0 Å². The summed E-state index contributed by atoms with van der Waals surface area (Å²) in [6.45, 7) is 5.14. The zero-order chi connectivity index (χ0) is 32.8. The van der Waals surface area contributed by atoms with Crippen LogP contribution in [0.25, 0.3) is 0 Å². The summed E-state index contributed by atoms with van der Waals surface area (Å²) >= 11 is 0. The van der Waals surface area contributed by atoms with Crippen LogP contribution in [0, 0.1) is 0 Å². The number of rotatable bonds is 8. The highest BCUT2D eigenvalue weighted by Crippen LogP contribution is 2.22. The van der Waals surface area contributed by atoms with E-state index in [-0.39, 0.29) is 34.8 Å². The number of carbonyl (C=O) groups is 3. The highest BCUT2D eigenvalue weighted by Gasteiger charge is 2.27. The van der Waals surface area contributed by atoms with Crippen LogP contribution in [-0.2, 0) is 13.1 Å². The molecule has 1 aliphatic heterocycles. The average Bonchev–Trinajstić information content (AvgIpc) is 3.86. The SMILES string of the molecule is C[C@@H]1NC(=O)c2coc(n2)[C@H](CCCN(Cc2ccccn2)Cc2ccccn2)NC(=O)c2coc(n2)[C@H](C)NC(=O)c2coc1n2. The molecular weight excluding hydrogens is 606 g/mol. The number of nitrogens with one attached hydrogen (secondary N) is 3. The Balaban J connectivity index is 1.23. The molecule has 0 aliphatic carbocycles. The molecule has 1 aliphatic rings. The molecule has 3 N–H and O–H groups in total. The van der Waals surface area contributed by atoms with E-state index in [4.69, 9.17) is 13.3 Å². The van der Waals surface area contributed by atoms with Crippen molar-refractivity contribution in [2.75, 3.05) is 6.54 Å². The smallest absolute Gasteiger partial charge is 0.273 e. The molecule has 6 heterocycles. The van der Waals surface area contributed by atoms with Crippen LogP contribution in [0.4, 0.5) is 0 Å². The Morgan fingerprint density at radius 3 is 1.62 bits per heavy atom. The fourth-order valence-electron chi connectivity index (χ4n) is 5.06. The molecule has 0 saturated heterocycles. The fraction of sp³-hybridized carbons (Fsp3) is 0.312. The minimum atomic E-state index is -0.710. The molecule has 47 heavy (non-hydrogen) atoms. The first-order chi connectivity index (χ1) is 22.8. The first kappa shape index (κ1) is 31.3. The van der Waals surface area contributed by atoms with Crippen molar-refractivity contribution in [3.05, 3.63) is 114 Å². The van der Waals surface area contributed by atoms with Gasteiger partial charge in [-0.1, -0.05) is 12.1 Å². The fourth-order valence-corrected chi connectivity index (χ4v) is 5.06. The van der Waals surface area contributed by atoms with Gasteiger partial charge < -0.3 is 29.2 Å². The Bertz CT molecular complexity index is 1780. The van der Waals surface area contributed by atoms with E-state index in [1.807, 2.05) is 36.4 Å². The monoisotopic (exact) mass is 639 g/mol. The highest BCUT2D eigenvalue weighted by atomic mass is 16.4. The van der Waals surface area contributed by atoms with Crippen molar-refractivity contribution >= 4 is 17.7 Å². The van der Waals surface area contributed by atoms with E-state index in [0.717, 1.165) is 11.4 Å². The topological polar surface area (TPSA) is 194 Å². The van der Waals surface area contributed by atoms with Gasteiger partial charge in [-0.15, -0.1) is 0 Å². The Morgan fingerprint density at radius 2 is 1.13 bits per heavy atom. The number of fused-ring (bicyclic) bond motifs is 6. The molecule has 0 saturated carbocycles. The van der Waals surface area contributed by atoms with Crippen molar-refractivity contribution in [2.24, 2.45) is 0 Å². The molecule has 0 aromatic carbocycles. The third kappa shape index (κ3) is 7.76. The Labute approximate surface area is 269 Å². The Kier molecular flexibility index (Phi) is 9.43. The second-order valence-corrected chi connectivity index (χ2v) is 11.1. The second-order valence-electron chi connectivity index (χ2n) is 11.1. The molecule has 6 bridgehead atoms. The van der Waals surface area contributed by atoms with E-state index in [1.165, 1.54) is 18.8 Å². The van der Waals surface area contributed by atoms with Gasteiger partial charge in [-0.25, -0.2) is 15.0 Å². The van der Waals surface area contributed by atoms with Crippen LogP contribution < -0.4 is 16.0 Å². The van der Waals surface area contributed by atoms with Crippen LogP contribution in [0.15, 0.2) is 80.8 Å². The van der Waals surface area contributed by atoms with Gasteiger partial charge in [0.25, 0.3) is 17.7 Å². The summed E-state index contributed by atoms with van der Waals surface area (Å²) in [5.74, 6) is -1.22. The minimum absolute atomic E-state index is 0.00113. The first-order valence-electron chi connectivity index (χ1n) is 15.1. The summed E-state index contributed by atoms with van der Waals surface area (Å²) in [7, 11) is 0. The van der Waals surface area contributed by atoms with Crippen molar-refractivity contribution in [1.82, 2.24) is 45.8 Å². The quantitative estimate of drug-likeness (QED) is 0.223. The van der Waals surface area contributed by atoms with Gasteiger partial charge in [-0.05, 0) is 57.5 Å². The van der Waals surface area contributed by atoms with Gasteiger partial charge in [0, 0.05) is 25.5 Å². The number of aromatic nitrogens is 5. The van der Waals surface area contributed by atoms with E-state index in [0.29, 0.717) is 32.5 Å². The standard InChI is InChI=1S/C32H33N9O6/c1-19-30-38-24(16-45-30)27(42)35-20(2)31-39-26(17-46-31)29(44)37-23(32-40-25(18-47-32)28(43)36-19)10-7-13-41(14-21-8-3-5-11-33-21)15-22-9-4-6-12-34-22/h3-6,8-9,11-12,16-20,23H,7,10,13-15H2,1-2H3,(H,35,42)(H,36,43)(H,37,44)/t19-,20-,23-/m0/s1. The predicted molar refractivity (Wildman–Crippen MR) is 163 cm³/mol. The summed E-state index contributed by atoms with van der Waals surface area (Å²) in [5.41, 5.74) is 1.84. The molecule has 3 atom stereocenters. The molecule has 0 spiro atoms. The number of pyridine rings is 2. The summed E-state index contributed by atoms with van der Waals surface area (Å²) < 4.78 is 16.7. The molecule has 0 radical (unpaired) electrons. The molecule has 15 nitrogen and oxygen atoms in total. The zero-order valence-electron chi connectivity index (χ0n) is 25.8. The summed E-state index contributed by atoms with van der Waals surface area (Å²) in [6.07, 6.45) is 8.18. The number of hydrogen-bond acceptors (Lipinski definition) is 12. The van der Waals surface area contributed by atoms with Crippen LogP contribution in [0.3, 0.4) is 0 Å². The van der Waals surface area contributed by atoms with Crippen LogP contribution in [-0.4, -0.2) is 54.1 Å². The van der Waals surface area contributed by atoms with Crippen molar-refractivity contribution < 1.29 is 27.6 Å². The Hall–Kier alpha value is -5.70. The molecule has 6 rings (SSSR count). The average molecular weight is 640 g/mol. The van der Waals surface area contributed by atoms with E-state index >= 15 is 0 Å². The number of oxazole rings is 3. The third-order valence-corrected chi connectivity index (χ3v) is 7.49. The van der Waals surface area contributed by atoms with Crippen molar-refractivity contribution in [3.63, 3.8) is 0 Å². The largest absolute Gasteiger partial charge is 0.446 e. The lowest BCUT2D eigenvalue weighted by Crippen LogP contribution is -2.31. The molecule has 0 unspecified atom stereocenters. The van der Waals surface area contributed by atoms with Gasteiger partial charge in [0.15, 0.2) is 17.1 Å². The van der Waals surface area contributed by atoms with Crippen LogP contribution in [0.1, 0.15) is 105 Å². The number of amides is 3. The predicted octanol–water partition coefficient (Wildman–Crippen LogP) is 3.69. The number of nitrogens with zero attached hydrogens (tertiary/aromatic N) is 6. The minimum Gasteiger partial charge on any atom is -0.446 e. The molecule has 0 fully saturated rings. The molecule has 5 aromatic rings. The van der Waals surface area contributed by atoms with Gasteiger partial charge in [0.1, 0.15) is 36.9 Å². The maximum atomic E-state index is 13.4. The third-order valence-electron chi connectivity index (χ3n) is 7.49. The maximum Gasteiger partial charge on any atom is 0.273 e. The first-order valence-corrected chi connectivity index (χ1v) is 15.1. The highest BCUT2D eigenvalue weighted by molar-refractivity contribution is 5.94. The van der Waals surface area contributed by atoms with Crippen LogP contribution >= 0.6 is 0 Å². The lowest BCUT2D eigenvalue weighted by Gasteiger charge is -2.23.